The van der Waals surface area contributed by atoms with E-state index in [9.17, 15) is 34.8 Å². The molecule has 0 saturated heterocycles. The van der Waals surface area contributed by atoms with E-state index in [2.05, 4.69) is 4.74 Å². The van der Waals surface area contributed by atoms with Gasteiger partial charge in [-0.25, -0.2) is 16.8 Å². The van der Waals surface area contributed by atoms with Crippen LogP contribution in [0.3, 0.4) is 0 Å². The number of esters is 1. The highest BCUT2D eigenvalue weighted by atomic mass is 32.3. The number of carbonyl (C=O) groups is 1. The molecule has 0 bridgehead atoms. The van der Waals surface area contributed by atoms with E-state index in [1.165, 1.54) is 4.13 Å². The van der Waals surface area contributed by atoms with Crippen LogP contribution in [-0.2, 0) is 29.6 Å². The van der Waals surface area contributed by atoms with Crippen molar-refractivity contribution >= 4 is 26.0 Å². The fraction of sp³-hybridized carbons (Fsp3) is 0.857. The summed E-state index contributed by atoms with van der Waals surface area (Å²) in [6.07, 6.45) is -4.21. The summed E-state index contributed by atoms with van der Waals surface area (Å²) in [5, 5.41) is 0. The van der Waals surface area contributed by atoms with Crippen LogP contribution < -0.4 is 4.13 Å². The quantitative estimate of drug-likeness (QED) is 0.666. The zero-order valence-corrected chi connectivity index (χ0v) is 11.5. The Morgan fingerprint density at radius 1 is 1.26 bits per heavy atom. The molecule has 0 aliphatic heterocycles. The molecule has 0 heterocycles. The molecule has 0 aliphatic carbocycles. The van der Waals surface area contributed by atoms with Gasteiger partial charge >= 0.3 is 12.1 Å². The third kappa shape index (κ3) is 8.00. The van der Waals surface area contributed by atoms with Crippen molar-refractivity contribution < 1.29 is 39.5 Å². The molecule has 114 valence electrons. The number of carbonyl (C=O) groups excluding carboxylic acids is 1. The summed E-state index contributed by atoms with van der Waals surface area (Å²) in [6, 6.07) is 0. The van der Waals surface area contributed by atoms with Crippen molar-refractivity contribution in [2.75, 3.05) is 18.6 Å². The summed E-state index contributed by atoms with van der Waals surface area (Å²) in [5.74, 6) is -4.99. The van der Waals surface area contributed by atoms with Gasteiger partial charge in [-0.1, -0.05) is 0 Å². The van der Waals surface area contributed by atoms with Crippen LogP contribution in [0.15, 0.2) is 0 Å². The molecule has 7 nitrogen and oxygen atoms in total. The Morgan fingerprint density at radius 3 is 2.11 bits per heavy atom. The summed E-state index contributed by atoms with van der Waals surface area (Å²) in [7, 11) is -8.32. The van der Waals surface area contributed by atoms with Gasteiger partial charge in [0.1, 0.15) is 12.5 Å². The fourth-order valence-electron chi connectivity index (χ4n) is 0.783. The summed E-state index contributed by atoms with van der Waals surface area (Å²) >= 11 is 0. The van der Waals surface area contributed by atoms with Crippen LogP contribution in [0, 0.1) is 5.92 Å². The maximum Gasteiger partial charge on any atom is 0.401 e. The van der Waals surface area contributed by atoms with Gasteiger partial charge in [-0.2, -0.15) is 13.2 Å². The number of nitrogens with one attached hydrogen (secondary N) is 1. The van der Waals surface area contributed by atoms with Crippen molar-refractivity contribution in [3.05, 3.63) is 0 Å². The Hall–Kier alpha value is -0.880. The molecule has 0 amide bonds. The Balaban J connectivity index is 4.36. The standard InChI is InChI=1S/C7H12F3NO6S2/c1-5(7(8,9)10)6(12)17-3-4-19(15,16)11-18(2,13)14/h5,11H,3-4H2,1-2H3. The Labute approximate surface area is 108 Å². The highest BCUT2D eigenvalue weighted by Gasteiger charge is 2.42. The van der Waals surface area contributed by atoms with Crippen molar-refractivity contribution in [3.63, 3.8) is 0 Å². The van der Waals surface area contributed by atoms with E-state index in [0.29, 0.717) is 13.2 Å². The smallest absolute Gasteiger partial charge is 0.401 e. The average Bonchev–Trinajstić information content (AvgIpc) is 2.10. The first-order valence-corrected chi connectivity index (χ1v) is 8.23. The van der Waals surface area contributed by atoms with Crippen LogP contribution in [0.25, 0.3) is 0 Å². The number of sulfonamides is 2. The predicted molar refractivity (Wildman–Crippen MR) is 57.9 cm³/mol. The van der Waals surface area contributed by atoms with Crippen LogP contribution in [0.2, 0.25) is 0 Å². The molecule has 1 unspecified atom stereocenters. The normalized spacial score (nSPS) is 15.0. The molecule has 0 fully saturated rings. The largest absolute Gasteiger partial charge is 0.464 e. The van der Waals surface area contributed by atoms with Gasteiger partial charge in [0.2, 0.25) is 20.0 Å². The summed E-state index contributed by atoms with van der Waals surface area (Å²) in [6.45, 7) is -0.324. The first-order valence-electron chi connectivity index (χ1n) is 4.69. The SMILES string of the molecule is CC(C(=O)OCCS(=O)(=O)NS(C)(=O)=O)C(F)(F)F. The lowest BCUT2D eigenvalue weighted by Gasteiger charge is -2.14. The van der Waals surface area contributed by atoms with Crippen molar-refractivity contribution in [3.8, 4) is 0 Å². The first-order chi connectivity index (χ1) is 8.25. The Bertz CT molecular complexity index is 524. The van der Waals surface area contributed by atoms with E-state index >= 15 is 0 Å². The second kappa shape index (κ2) is 6.05. The first kappa shape index (κ1) is 18.1. The molecule has 0 rings (SSSR count). The number of ether oxygens (including phenoxy) is 1. The number of alkyl halides is 3. The lowest BCUT2D eigenvalue weighted by molar-refractivity contribution is -0.193. The molecule has 1 N–H and O–H groups in total. The second-order valence-corrected chi connectivity index (χ2v) is 7.45. The lowest BCUT2D eigenvalue weighted by atomic mass is 10.2. The van der Waals surface area contributed by atoms with E-state index in [1.54, 1.807) is 0 Å². The van der Waals surface area contributed by atoms with Crippen molar-refractivity contribution in [1.82, 2.24) is 4.13 Å². The van der Waals surface area contributed by atoms with Crippen LogP contribution in [0.5, 0.6) is 0 Å². The minimum absolute atomic E-state index is 0.561. The van der Waals surface area contributed by atoms with Crippen LogP contribution in [-0.4, -0.2) is 47.6 Å². The van der Waals surface area contributed by atoms with Crippen molar-refractivity contribution in [1.29, 1.82) is 0 Å². The summed E-state index contributed by atoms with van der Waals surface area (Å²) < 4.78 is 85.0. The molecule has 12 heteroatoms. The number of rotatable bonds is 6. The topological polar surface area (TPSA) is 107 Å². The van der Waals surface area contributed by atoms with E-state index in [-0.39, 0.29) is 0 Å². The van der Waals surface area contributed by atoms with E-state index in [0.717, 1.165) is 0 Å². The van der Waals surface area contributed by atoms with Crippen LogP contribution >= 0.6 is 0 Å². The molecule has 0 aromatic heterocycles. The lowest BCUT2D eigenvalue weighted by Crippen LogP contribution is -2.35. The molecule has 0 radical (unpaired) electrons. The fourth-order valence-corrected chi connectivity index (χ4v) is 3.26. The third-order valence-electron chi connectivity index (χ3n) is 1.72. The van der Waals surface area contributed by atoms with Gasteiger partial charge in [-0.3, -0.25) is 4.79 Å². The van der Waals surface area contributed by atoms with E-state index in [4.69, 9.17) is 0 Å². The molecule has 0 aromatic carbocycles. The molecular formula is C7H12F3NO6S2. The van der Waals surface area contributed by atoms with Gasteiger partial charge in [-0.15, -0.1) is 4.13 Å². The summed E-state index contributed by atoms with van der Waals surface area (Å²) in [4.78, 5) is 10.9. The number of hydrogen-bond acceptors (Lipinski definition) is 6. The van der Waals surface area contributed by atoms with Gasteiger partial charge < -0.3 is 4.74 Å². The molecule has 1 atom stereocenters. The monoisotopic (exact) mass is 327 g/mol. The summed E-state index contributed by atoms with van der Waals surface area (Å²) in [5.41, 5.74) is 0. The highest BCUT2D eigenvalue weighted by Crippen LogP contribution is 2.26. The zero-order valence-electron chi connectivity index (χ0n) is 9.89. The maximum absolute atomic E-state index is 12.1. The molecule has 0 spiro atoms. The number of hydrogen-bond donors (Lipinski definition) is 1. The van der Waals surface area contributed by atoms with E-state index in [1.807, 2.05) is 0 Å². The van der Waals surface area contributed by atoms with Crippen LogP contribution in [0.1, 0.15) is 6.92 Å². The van der Waals surface area contributed by atoms with Crippen molar-refractivity contribution in [2.45, 2.75) is 13.1 Å². The minimum atomic E-state index is -4.79. The van der Waals surface area contributed by atoms with Gasteiger partial charge in [0, 0.05) is 0 Å². The van der Waals surface area contributed by atoms with Crippen molar-refractivity contribution in [2.24, 2.45) is 5.92 Å². The second-order valence-electron chi connectivity index (χ2n) is 3.61. The number of halogens is 3. The van der Waals surface area contributed by atoms with Crippen LogP contribution in [0.4, 0.5) is 13.2 Å². The molecular weight excluding hydrogens is 315 g/mol. The zero-order chi connectivity index (χ0) is 15.5. The highest BCUT2D eigenvalue weighted by molar-refractivity contribution is 8.04. The van der Waals surface area contributed by atoms with Gasteiger partial charge in [-0.05, 0) is 6.92 Å². The Morgan fingerprint density at radius 2 is 1.74 bits per heavy atom. The minimum Gasteiger partial charge on any atom is -0.464 e. The third-order valence-corrected chi connectivity index (χ3v) is 4.65. The maximum atomic E-state index is 12.1. The Kier molecular flexibility index (Phi) is 5.77. The predicted octanol–water partition coefficient (Wildman–Crippen LogP) is -0.393. The molecule has 0 aliphatic rings. The molecule has 0 saturated carbocycles. The van der Waals surface area contributed by atoms with Gasteiger partial charge in [0.25, 0.3) is 0 Å². The average molecular weight is 327 g/mol. The van der Waals surface area contributed by atoms with Gasteiger partial charge in [0.05, 0.1) is 12.0 Å². The van der Waals surface area contributed by atoms with Gasteiger partial charge in [0.15, 0.2) is 0 Å². The molecule has 0 aromatic rings. The van der Waals surface area contributed by atoms with E-state index < -0.39 is 50.5 Å². The molecule has 19 heavy (non-hydrogen) atoms.